The fourth-order valence-corrected chi connectivity index (χ4v) is 1.64. The second-order valence-electron chi connectivity index (χ2n) is 4.74. The van der Waals surface area contributed by atoms with Crippen molar-refractivity contribution in [1.82, 2.24) is 0 Å². The third kappa shape index (κ3) is 6.40. The quantitative estimate of drug-likeness (QED) is 0.342. The average molecular weight is 342 g/mol. The summed E-state index contributed by atoms with van der Waals surface area (Å²) in [6.07, 6.45) is 0. The van der Waals surface area contributed by atoms with E-state index in [0.29, 0.717) is 16.8 Å². The number of nitrogens with one attached hydrogen (secondary N) is 1. The molecule has 0 bridgehead atoms. The van der Waals surface area contributed by atoms with Crippen LogP contribution in [0, 0.1) is 5.41 Å². The van der Waals surface area contributed by atoms with Gasteiger partial charge in [-0.2, -0.15) is 0 Å². The van der Waals surface area contributed by atoms with Gasteiger partial charge in [0.15, 0.2) is 5.96 Å². The minimum atomic E-state index is -0.976. The number of rotatable bonds is 4. The summed E-state index contributed by atoms with van der Waals surface area (Å²) in [7, 11) is 0. The predicted octanol–water partition coefficient (Wildman–Crippen LogP) is 0.359. The maximum absolute atomic E-state index is 10.6. The number of carboxylic acids is 1. The van der Waals surface area contributed by atoms with Crippen molar-refractivity contribution >= 4 is 29.4 Å². The third-order valence-electron chi connectivity index (χ3n) is 2.85. The summed E-state index contributed by atoms with van der Waals surface area (Å²) in [5.74, 6) is -1.53. The molecule has 0 saturated heterocycles. The van der Waals surface area contributed by atoms with Gasteiger partial charge < -0.3 is 28.0 Å². The highest BCUT2D eigenvalue weighted by molar-refractivity contribution is 5.97. The SMILES string of the molecule is N=C(N)c1ccc(C(N)=O)cc1.NC(N)=Nc1ccc(C(=O)O)cc1. The number of aromatic carboxylic acids is 1. The van der Waals surface area contributed by atoms with Crippen LogP contribution in [0.25, 0.3) is 0 Å². The topological polar surface area (TPSA) is 195 Å². The summed E-state index contributed by atoms with van der Waals surface area (Å²) in [6, 6.07) is 12.2. The number of carbonyl (C=O) groups is 2. The van der Waals surface area contributed by atoms with E-state index in [1.54, 1.807) is 24.3 Å². The molecule has 130 valence electrons. The van der Waals surface area contributed by atoms with Gasteiger partial charge in [-0.15, -0.1) is 0 Å². The maximum Gasteiger partial charge on any atom is 0.335 e. The summed E-state index contributed by atoms with van der Waals surface area (Å²) < 4.78 is 0. The number of hydrogen-bond donors (Lipinski definition) is 6. The Morgan fingerprint density at radius 2 is 1.24 bits per heavy atom. The molecule has 0 radical (unpaired) electrons. The van der Waals surface area contributed by atoms with Gasteiger partial charge in [-0.3, -0.25) is 10.2 Å². The zero-order valence-electron chi connectivity index (χ0n) is 13.1. The van der Waals surface area contributed by atoms with Gasteiger partial charge in [0, 0.05) is 11.1 Å². The Bertz CT molecular complexity index is 761. The van der Waals surface area contributed by atoms with Gasteiger partial charge in [-0.05, 0) is 36.4 Å². The van der Waals surface area contributed by atoms with Crippen LogP contribution in [0.3, 0.4) is 0 Å². The molecule has 0 saturated carbocycles. The molecular weight excluding hydrogens is 324 g/mol. The third-order valence-corrected chi connectivity index (χ3v) is 2.85. The highest BCUT2D eigenvalue weighted by Crippen LogP contribution is 2.12. The van der Waals surface area contributed by atoms with E-state index in [4.69, 9.17) is 33.5 Å². The summed E-state index contributed by atoms with van der Waals surface area (Å²) >= 11 is 0. The van der Waals surface area contributed by atoms with E-state index in [0.717, 1.165) is 0 Å². The van der Waals surface area contributed by atoms with Crippen molar-refractivity contribution in [2.45, 2.75) is 0 Å². The first-order valence-electron chi connectivity index (χ1n) is 6.88. The van der Waals surface area contributed by atoms with Crippen LogP contribution in [-0.2, 0) is 0 Å². The largest absolute Gasteiger partial charge is 0.478 e. The molecule has 0 atom stereocenters. The van der Waals surface area contributed by atoms with Crippen molar-refractivity contribution < 1.29 is 14.7 Å². The zero-order chi connectivity index (χ0) is 19.0. The van der Waals surface area contributed by atoms with Gasteiger partial charge >= 0.3 is 5.97 Å². The molecule has 0 heterocycles. The van der Waals surface area contributed by atoms with Crippen LogP contribution in [0.4, 0.5) is 5.69 Å². The number of guanidine groups is 1. The van der Waals surface area contributed by atoms with Crippen molar-refractivity contribution in [3.63, 3.8) is 0 Å². The summed E-state index contributed by atoms with van der Waals surface area (Å²) in [5.41, 5.74) is 22.2. The van der Waals surface area contributed by atoms with Gasteiger partial charge in [0.25, 0.3) is 0 Å². The summed E-state index contributed by atoms with van der Waals surface area (Å²) in [4.78, 5) is 24.8. The van der Waals surface area contributed by atoms with Crippen molar-refractivity contribution in [3.05, 3.63) is 65.2 Å². The lowest BCUT2D eigenvalue weighted by Crippen LogP contribution is -2.21. The number of nitrogens with two attached hydrogens (primary N) is 4. The van der Waals surface area contributed by atoms with Crippen LogP contribution in [0.15, 0.2) is 53.5 Å². The lowest BCUT2D eigenvalue weighted by molar-refractivity contribution is 0.0696. The van der Waals surface area contributed by atoms with Crippen LogP contribution in [0.2, 0.25) is 0 Å². The van der Waals surface area contributed by atoms with Crippen LogP contribution in [-0.4, -0.2) is 28.8 Å². The molecule has 25 heavy (non-hydrogen) atoms. The second kappa shape index (κ2) is 8.67. The van der Waals surface area contributed by atoms with E-state index in [-0.39, 0.29) is 17.4 Å². The molecule has 0 fully saturated rings. The van der Waals surface area contributed by atoms with E-state index < -0.39 is 11.9 Å². The number of hydrogen-bond acceptors (Lipinski definition) is 4. The van der Waals surface area contributed by atoms with Gasteiger partial charge in [0.2, 0.25) is 5.91 Å². The Balaban J connectivity index is 0.000000251. The number of aliphatic imine (C=N–C) groups is 1. The average Bonchev–Trinajstić information content (AvgIpc) is 2.55. The molecule has 0 aliphatic heterocycles. The number of amidine groups is 1. The normalized spacial score (nSPS) is 9.28. The summed E-state index contributed by atoms with van der Waals surface area (Å²) in [6.45, 7) is 0. The van der Waals surface area contributed by atoms with E-state index in [1.165, 1.54) is 24.3 Å². The summed E-state index contributed by atoms with van der Waals surface area (Å²) in [5, 5.41) is 15.6. The minimum Gasteiger partial charge on any atom is -0.478 e. The monoisotopic (exact) mass is 342 g/mol. The molecule has 10 N–H and O–H groups in total. The van der Waals surface area contributed by atoms with Crippen LogP contribution < -0.4 is 22.9 Å². The number of amides is 1. The van der Waals surface area contributed by atoms with Gasteiger partial charge in [-0.25, -0.2) is 9.79 Å². The molecular formula is C16H18N6O3. The van der Waals surface area contributed by atoms with Gasteiger partial charge in [0.1, 0.15) is 5.84 Å². The van der Waals surface area contributed by atoms with E-state index in [1.807, 2.05) is 0 Å². The molecule has 0 aliphatic carbocycles. The number of carboxylic acid groups (broad SMARTS) is 1. The molecule has 0 aliphatic rings. The molecule has 2 rings (SSSR count). The molecule has 2 aromatic rings. The van der Waals surface area contributed by atoms with Gasteiger partial charge in [-0.1, -0.05) is 12.1 Å². The number of benzene rings is 2. The van der Waals surface area contributed by atoms with Crippen LogP contribution in [0.1, 0.15) is 26.3 Å². The molecule has 0 aromatic heterocycles. The predicted molar refractivity (Wildman–Crippen MR) is 94.8 cm³/mol. The Labute approximate surface area is 143 Å². The lowest BCUT2D eigenvalue weighted by atomic mass is 10.1. The molecule has 1 amide bonds. The fraction of sp³-hybridized carbons (Fsp3) is 0. The Hall–Kier alpha value is -3.88. The maximum atomic E-state index is 10.6. The van der Waals surface area contributed by atoms with Gasteiger partial charge in [0.05, 0.1) is 11.3 Å². The molecule has 0 unspecified atom stereocenters. The molecule has 9 heteroatoms. The minimum absolute atomic E-state index is 0.0222. The number of nitrogens with zero attached hydrogens (tertiary/aromatic N) is 1. The molecule has 2 aromatic carbocycles. The fourth-order valence-electron chi connectivity index (χ4n) is 1.64. The van der Waals surface area contributed by atoms with Crippen molar-refractivity contribution in [3.8, 4) is 0 Å². The first-order chi connectivity index (χ1) is 11.7. The van der Waals surface area contributed by atoms with E-state index in [2.05, 4.69) is 4.99 Å². The van der Waals surface area contributed by atoms with Crippen molar-refractivity contribution in [1.29, 1.82) is 5.41 Å². The molecule has 0 spiro atoms. The highest BCUT2D eigenvalue weighted by atomic mass is 16.4. The van der Waals surface area contributed by atoms with Crippen LogP contribution >= 0.6 is 0 Å². The van der Waals surface area contributed by atoms with E-state index >= 15 is 0 Å². The molecule has 9 nitrogen and oxygen atoms in total. The zero-order valence-corrected chi connectivity index (χ0v) is 13.1. The Morgan fingerprint density at radius 3 is 1.60 bits per heavy atom. The van der Waals surface area contributed by atoms with Crippen molar-refractivity contribution in [2.24, 2.45) is 27.9 Å². The second-order valence-corrected chi connectivity index (χ2v) is 4.74. The number of carbonyl (C=O) groups excluding carboxylic acids is 1. The first-order valence-corrected chi connectivity index (χ1v) is 6.88. The van der Waals surface area contributed by atoms with Crippen molar-refractivity contribution in [2.75, 3.05) is 0 Å². The number of nitrogen functional groups attached to an aromatic ring is 1. The smallest absolute Gasteiger partial charge is 0.335 e. The standard InChI is InChI=1S/C8H9N3O2.C8H9N3O/c9-8(10)11-6-3-1-5(2-4-6)7(12)13;9-7(10)5-1-3-6(4-2-5)8(11)12/h1-4H,(H,12,13)(H4,9,10,11);1-4H,(H3,9,10)(H2,11,12). The Morgan fingerprint density at radius 1 is 0.800 bits per heavy atom. The highest BCUT2D eigenvalue weighted by Gasteiger charge is 2.01. The first kappa shape index (κ1) is 19.2. The van der Waals surface area contributed by atoms with E-state index in [9.17, 15) is 9.59 Å². The Kier molecular flexibility index (Phi) is 6.65. The lowest BCUT2D eigenvalue weighted by Gasteiger charge is -1.98. The van der Waals surface area contributed by atoms with Crippen LogP contribution in [0.5, 0.6) is 0 Å². The number of primary amides is 1.